The average molecular weight is 370 g/mol. The SMILES string of the molecule is Cc1nc([C@H](C)N(C)Cc2cc(=O)c3cc(C(N)=O)ccc3[nH]2)c(C)s1. The van der Waals surface area contributed by atoms with E-state index in [1.165, 1.54) is 10.9 Å². The van der Waals surface area contributed by atoms with Gasteiger partial charge in [-0.2, -0.15) is 0 Å². The third kappa shape index (κ3) is 3.54. The summed E-state index contributed by atoms with van der Waals surface area (Å²) in [7, 11) is 2.01. The van der Waals surface area contributed by atoms with E-state index in [4.69, 9.17) is 5.73 Å². The molecule has 0 radical (unpaired) electrons. The van der Waals surface area contributed by atoms with Crippen LogP contribution < -0.4 is 11.2 Å². The van der Waals surface area contributed by atoms with Gasteiger partial charge in [0.2, 0.25) is 5.91 Å². The Kier molecular flexibility index (Phi) is 4.93. The Bertz CT molecular complexity index is 1040. The number of hydrogen-bond donors (Lipinski definition) is 2. The molecule has 26 heavy (non-hydrogen) atoms. The number of aromatic amines is 1. The molecule has 0 unspecified atom stereocenters. The van der Waals surface area contributed by atoms with Crippen molar-refractivity contribution >= 4 is 28.1 Å². The van der Waals surface area contributed by atoms with Crippen molar-refractivity contribution in [3.63, 3.8) is 0 Å². The van der Waals surface area contributed by atoms with Gasteiger partial charge >= 0.3 is 0 Å². The van der Waals surface area contributed by atoms with Crippen molar-refractivity contribution in [3.05, 3.63) is 61.3 Å². The van der Waals surface area contributed by atoms with Crippen LogP contribution in [0, 0.1) is 13.8 Å². The largest absolute Gasteiger partial charge is 0.366 e. The van der Waals surface area contributed by atoms with E-state index in [1.807, 2.05) is 14.0 Å². The molecule has 0 bridgehead atoms. The first-order chi connectivity index (χ1) is 12.3. The zero-order chi connectivity index (χ0) is 19.0. The highest BCUT2D eigenvalue weighted by Crippen LogP contribution is 2.26. The van der Waals surface area contributed by atoms with E-state index >= 15 is 0 Å². The Morgan fingerprint density at radius 1 is 1.35 bits per heavy atom. The summed E-state index contributed by atoms with van der Waals surface area (Å²) < 4.78 is 0. The fraction of sp³-hybridized carbons (Fsp3) is 0.316. The van der Waals surface area contributed by atoms with Gasteiger partial charge in [-0.1, -0.05) is 0 Å². The lowest BCUT2D eigenvalue weighted by Gasteiger charge is -2.24. The standard InChI is InChI=1S/C19H22N4O2S/c1-10(18-11(2)26-12(3)21-18)23(4)9-14-8-17(24)15-7-13(19(20)25)5-6-16(15)22-14/h5-8,10H,9H2,1-4H3,(H2,20,25)(H,22,24)/t10-/m0/s1. The monoisotopic (exact) mass is 370 g/mol. The van der Waals surface area contributed by atoms with Crippen LogP contribution in [-0.2, 0) is 6.54 Å². The van der Waals surface area contributed by atoms with Crippen LogP contribution in [0.5, 0.6) is 0 Å². The number of amides is 1. The van der Waals surface area contributed by atoms with Crippen LogP contribution in [0.4, 0.5) is 0 Å². The maximum atomic E-state index is 12.5. The first-order valence-corrected chi connectivity index (χ1v) is 9.18. The summed E-state index contributed by atoms with van der Waals surface area (Å²) in [5.74, 6) is -0.544. The van der Waals surface area contributed by atoms with Gasteiger partial charge in [-0.15, -0.1) is 11.3 Å². The first-order valence-electron chi connectivity index (χ1n) is 8.36. The molecule has 3 aromatic rings. The maximum Gasteiger partial charge on any atom is 0.248 e. The van der Waals surface area contributed by atoms with Gasteiger partial charge in [-0.25, -0.2) is 4.98 Å². The number of carbonyl (C=O) groups is 1. The van der Waals surface area contributed by atoms with Crippen LogP contribution >= 0.6 is 11.3 Å². The van der Waals surface area contributed by atoms with Gasteiger partial charge in [0.25, 0.3) is 0 Å². The van der Waals surface area contributed by atoms with Gasteiger partial charge in [-0.05, 0) is 46.0 Å². The number of hydrogen-bond acceptors (Lipinski definition) is 5. The van der Waals surface area contributed by atoms with Gasteiger partial charge in [0.05, 0.1) is 16.7 Å². The molecule has 6 nitrogen and oxygen atoms in total. The molecule has 0 spiro atoms. The molecule has 1 amide bonds. The van der Waals surface area contributed by atoms with Crippen molar-refractivity contribution in [2.45, 2.75) is 33.4 Å². The molecule has 0 saturated heterocycles. The van der Waals surface area contributed by atoms with Crippen LogP contribution in [0.15, 0.2) is 29.1 Å². The molecule has 3 rings (SSSR count). The minimum Gasteiger partial charge on any atom is -0.366 e. The topological polar surface area (TPSA) is 92.1 Å². The highest BCUT2D eigenvalue weighted by Gasteiger charge is 2.18. The number of primary amides is 1. The Labute approximate surface area is 155 Å². The summed E-state index contributed by atoms with van der Waals surface area (Å²) in [5, 5.41) is 1.52. The van der Waals surface area contributed by atoms with Crippen LogP contribution in [-0.4, -0.2) is 27.8 Å². The minimum atomic E-state index is -0.544. The number of nitrogens with two attached hydrogens (primary N) is 1. The van der Waals surface area contributed by atoms with Crippen LogP contribution in [0.2, 0.25) is 0 Å². The molecule has 0 fully saturated rings. The smallest absolute Gasteiger partial charge is 0.248 e. The van der Waals surface area contributed by atoms with E-state index in [2.05, 4.69) is 28.7 Å². The number of rotatable bonds is 5. The Morgan fingerprint density at radius 3 is 2.69 bits per heavy atom. The molecule has 0 aliphatic heterocycles. The van der Waals surface area contributed by atoms with E-state index in [-0.39, 0.29) is 11.5 Å². The second kappa shape index (κ2) is 7.01. The number of fused-ring (bicyclic) bond motifs is 1. The third-order valence-corrected chi connectivity index (χ3v) is 5.49. The van der Waals surface area contributed by atoms with Gasteiger partial charge < -0.3 is 10.7 Å². The maximum absolute atomic E-state index is 12.5. The van der Waals surface area contributed by atoms with Crippen molar-refractivity contribution in [2.24, 2.45) is 5.73 Å². The van der Waals surface area contributed by atoms with E-state index in [0.29, 0.717) is 23.0 Å². The highest BCUT2D eigenvalue weighted by molar-refractivity contribution is 7.11. The predicted molar refractivity (Wildman–Crippen MR) is 105 cm³/mol. The fourth-order valence-corrected chi connectivity index (χ4v) is 4.00. The number of nitrogens with zero attached hydrogens (tertiary/aromatic N) is 2. The van der Waals surface area contributed by atoms with E-state index in [9.17, 15) is 9.59 Å². The molecule has 2 heterocycles. The van der Waals surface area contributed by atoms with Crippen molar-refractivity contribution < 1.29 is 4.79 Å². The molecule has 1 atom stereocenters. The summed E-state index contributed by atoms with van der Waals surface area (Å²) in [4.78, 5) is 35.0. The summed E-state index contributed by atoms with van der Waals surface area (Å²) in [6, 6.07) is 6.59. The number of aryl methyl sites for hydroxylation is 2. The minimum absolute atomic E-state index is 0.126. The molecule has 0 aliphatic rings. The predicted octanol–water partition coefficient (Wildman–Crippen LogP) is 2.89. The average Bonchev–Trinajstić information content (AvgIpc) is 2.92. The van der Waals surface area contributed by atoms with Crippen LogP contribution in [0.1, 0.15) is 44.6 Å². The zero-order valence-electron chi connectivity index (χ0n) is 15.3. The molecule has 0 saturated carbocycles. The van der Waals surface area contributed by atoms with Gasteiger partial charge in [0.1, 0.15) is 0 Å². The number of nitrogens with one attached hydrogen (secondary N) is 1. The molecule has 1 aromatic carbocycles. The van der Waals surface area contributed by atoms with Crippen LogP contribution in [0.25, 0.3) is 10.9 Å². The Morgan fingerprint density at radius 2 is 2.08 bits per heavy atom. The first kappa shape index (κ1) is 18.3. The number of carbonyl (C=O) groups excluding carboxylic acids is 1. The van der Waals surface area contributed by atoms with E-state index in [0.717, 1.165) is 16.4 Å². The number of H-pyrrole nitrogens is 1. The van der Waals surface area contributed by atoms with E-state index < -0.39 is 5.91 Å². The summed E-state index contributed by atoms with van der Waals surface area (Å²) in [6.07, 6.45) is 0. The Balaban J connectivity index is 1.88. The Hall–Kier alpha value is -2.51. The summed E-state index contributed by atoms with van der Waals surface area (Å²) in [6.45, 7) is 6.79. The normalized spacial score (nSPS) is 12.7. The van der Waals surface area contributed by atoms with Crippen LogP contribution in [0.3, 0.4) is 0 Å². The number of pyridine rings is 1. The van der Waals surface area contributed by atoms with E-state index in [1.54, 1.807) is 29.5 Å². The molecule has 7 heteroatoms. The summed E-state index contributed by atoms with van der Waals surface area (Å²) >= 11 is 1.70. The van der Waals surface area contributed by atoms with Crippen molar-refractivity contribution in [1.29, 1.82) is 0 Å². The highest BCUT2D eigenvalue weighted by atomic mass is 32.1. The number of thiazole rings is 1. The second-order valence-corrected chi connectivity index (χ2v) is 7.96. The van der Waals surface area contributed by atoms with Gasteiger partial charge in [-0.3, -0.25) is 14.5 Å². The second-order valence-electron chi connectivity index (χ2n) is 6.55. The number of aromatic nitrogens is 2. The molecular formula is C19H22N4O2S. The lowest BCUT2D eigenvalue weighted by molar-refractivity contribution is 0.100. The zero-order valence-corrected chi connectivity index (χ0v) is 16.1. The number of benzene rings is 1. The lowest BCUT2D eigenvalue weighted by atomic mass is 10.1. The molecule has 3 N–H and O–H groups in total. The lowest BCUT2D eigenvalue weighted by Crippen LogP contribution is -2.24. The molecule has 136 valence electrons. The van der Waals surface area contributed by atoms with Crippen molar-refractivity contribution in [2.75, 3.05) is 7.05 Å². The van der Waals surface area contributed by atoms with Gasteiger partial charge in [0, 0.05) is 39.6 Å². The third-order valence-electron chi connectivity index (χ3n) is 4.59. The van der Waals surface area contributed by atoms with Gasteiger partial charge in [0.15, 0.2) is 5.43 Å². The summed E-state index contributed by atoms with van der Waals surface area (Å²) in [5.41, 5.74) is 8.07. The van der Waals surface area contributed by atoms with Crippen molar-refractivity contribution in [3.8, 4) is 0 Å². The molecular weight excluding hydrogens is 348 g/mol. The quantitative estimate of drug-likeness (QED) is 0.722. The molecule has 2 aromatic heterocycles. The fourth-order valence-electron chi connectivity index (χ4n) is 3.09. The molecule has 0 aliphatic carbocycles. The van der Waals surface area contributed by atoms with Crippen molar-refractivity contribution in [1.82, 2.24) is 14.9 Å².